The van der Waals surface area contributed by atoms with Crippen molar-refractivity contribution < 1.29 is 8.97 Å². The molecule has 138 valence electrons. The zero-order chi connectivity index (χ0) is 17.7. The van der Waals surface area contributed by atoms with Crippen LogP contribution >= 0.6 is 0 Å². The van der Waals surface area contributed by atoms with Crippen LogP contribution in [0, 0.1) is 0 Å². The summed E-state index contributed by atoms with van der Waals surface area (Å²) in [5.41, 5.74) is 0.669. The summed E-state index contributed by atoms with van der Waals surface area (Å²) in [5.74, 6) is 0. The molecule has 0 aromatic heterocycles. The van der Waals surface area contributed by atoms with Gasteiger partial charge in [-0.15, -0.1) is 0 Å². The minimum absolute atomic E-state index is 0.334. The van der Waals surface area contributed by atoms with E-state index in [0.717, 1.165) is 12.1 Å². The number of likely N-dealkylation sites (N-methyl/N-ethyl adjacent to an activating group) is 2. The highest BCUT2D eigenvalue weighted by Gasteiger charge is 2.70. The van der Waals surface area contributed by atoms with Gasteiger partial charge >= 0.3 is 0 Å². The van der Waals surface area contributed by atoms with Crippen molar-refractivity contribution in [3.63, 3.8) is 0 Å². The summed E-state index contributed by atoms with van der Waals surface area (Å²) in [7, 11) is 5.13. The number of rotatable bonds is 0. The molecule has 4 aliphatic heterocycles. The average molecular weight is 337 g/mol. The molecule has 0 aromatic carbocycles. The molecule has 4 heterocycles. The van der Waals surface area contributed by atoms with Crippen molar-refractivity contribution in [2.45, 2.75) is 89.9 Å². The van der Waals surface area contributed by atoms with Gasteiger partial charge in [0.25, 0.3) is 0 Å². The molecule has 4 fully saturated rings. The molecule has 4 heteroatoms. The molecule has 4 aliphatic rings. The number of hydrogen-bond donors (Lipinski definition) is 0. The van der Waals surface area contributed by atoms with Gasteiger partial charge in [-0.25, -0.2) is 9.80 Å². The Morgan fingerprint density at radius 3 is 1.38 bits per heavy atom. The molecule has 6 atom stereocenters. The zero-order valence-corrected chi connectivity index (χ0v) is 17.3. The fourth-order valence-corrected chi connectivity index (χ4v) is 7.12. The SMILES string of the molecule is C[C@@H]1CC(C)(C)N2CC[N+]3(C)[C@H](C)CC(C)(C)N4CC[N+]1(C)[C@H]2[C@@H]43. The lowest BCUT2D eigenvalue weighted by Gasteiger charge is -2.72. The highest BCUT2D eigenvalue weighted by Crippen LogP contribution is 2.50. The Kier molecular flexibility index (Phi) is 3.42. The lowest BCUT2D eigenvalue weighted by Crippen LogP contribution is -2.92. The first-order chi connectivity index (χ1) is 10.9. The molecule has 0 saturated carbocycles. The van der Waals surface area contributed by atoms with Crippen LogP contribution in [-0.2, 0) is 0 Å². The quantitative estimate of drug-likeness (QED) is 0.626. The standard InChI is InChI=1S/C20H40N4/c1-15-13-19(3,4)21-10-12-24(8)16(2)14-20(5,6)22-9-11-23(15,7)17(21)18(22)24/h15-18H,9-14H2,1-8H3/q+2/t15-,16-,17+,18+,23?,24?/m1/s1. The Labute approximate surface area is 149 Å². The Morgan fingerprint density at radius 2 is 1.04 bits per heavy atom. The monoisotopic (exact) mass is 336 g/mol. The normalized spacial score (nSPS) is 53.5. The number of nitrogens with zero attached hydrogens (tertiary/aromatic N) is 4. The summed E-state index contributed by atoms with van der Waals surface area (Å²) < 4.78 is 2.53. The number of hydrogen-bond acceptors (Lipinski definition) is 2. The van der Waals surface area contributed by atoms with E-state index in [4.69, 9.17) is 0 Å². The summed E-state index contributed by atoms with van der Waals surface area (Å²) in [6.07, 6.45) is 3.96. The highest BCUT2D eigenvalue weighted by molar-refractivity contribution is 5.02. The Bertz CT molecular complexity index is 496. The predicted molar refractivity (Wildman–Crippen MR) is 99.4 cm³/mol. The molecule has 4 rings (SSSR count). The topological polar surface area (TPSA) is 6.48 Å². The first-order valence-corrected chi connectivity index (χ1v) is 10.2. The van der Waals surface area contributed by atoms with Crippen LogP contribution < -0.4 is 0 Å². The summed E-state index contributed by atoms with van der Waals surface area (Å²) in [6, 6.07) is 1.52. The molecule has 4 saturated heterocycles. The zero-order valence-electron chi connectivity index (χ0n) is 17.3. The Hall–Kier alpha value is -0.160. The van der Waals surface area contributed by atoms with E-state index in [1.807, 2.05) is 0 Å². The van der Waals surface area contributed by atoms with Crippen LogP contribution in [0.4, 0.5) is 0 Å². The van der Waals surface area contributed by atoms with E-state index in [1.165, 1.54) is 48.0 Å². The van der Waals surface area contributed by atoms with Gasteiger partial charge < -0.3 is 8.97 Å². The third-order valence-electron chi connectivity index (χ3n) is 8.92. The Balaban J connectivity index is 1.87. The molecule has 2 unspecified atom stereocenters. The van der Waals surface area contributed by atoms with Crippen LogP contribution in [-0.4, -0.2) is 94.5 Å². The summed E-state index contributed by atoms with van der Waals surface area (Å²) in [4.78, 5) is 5.83. The van der Waals surface area contributed by atoms with Gasteiger partial charge in [0, 0.05) is 23.9 Å². The van der Waals surface area contributed by atoms with Crippen LogP contribution in [0.25, 0.3) is 0 Å². The van der Waals surface area contributed by atoms with Crippen molar-refractivity contribution in [3.05, 3.63) is 0 Å². The maximum atomic E-state index is 2.91. The lowest BCUT2D eigenvalue weighted by molar-refractivity contribution is -1.06. The van der Waals surface area contributed by atoms with Crippen molar-refractivity contribution in [1.29, 1.82) is 0 Å². The van der Waals surface area contributed by atoms with Gasteiger partial charge in [-0.05, 0) is 41.5 Å². The van der Waals surface area contributed by atoms with Crippen LogP contribution in [0.15, 0.2) is 0 Å². The van der Waals surface area contributed by atoms with E-state index in [0.29, 0.717) is 23.4 Å². The maximum absolute atomic E-state index is 2.91. The summed E-state index contributed by atoms with van der Waals surface area (Å²) in [6.45, 7) is 20.2. The van der Waals surface area contributed by atoms with Crippen molar-refractivity contribution in [2.75, 3.05) is 40.3 Å². The van der Waals surface area contributed by atoms with E-state index in [1.54, 1.807) is 0 Å². The minimum atomic E-state index is 0.334. The lowest BCUT2D eigenvalue weighted by atomic mass is 9.78. The van der Waals surface area contributed by atoms with Gasteiger partial charge in [0.1, 0.15) is 0 Å². The second kappa shape index (κ2) is 4.76. The highest BCUT2D eigenvalue weighted by atomic mass is 15.7. The van der Waals surface area contributed by atoms with Crippen molar-refractivity contribution in [1.82, 2.24) is 9.80 Å². The van der Waals surface area contributed by atoms with Gasteiger partial charge in [-0.3, -0.25) is 0 Å². The first-order valence-electron chi connectivity index (χ1n) is 10.2. The molecule has 4 nitrogen and oxygen atoms in total. The molecule has 0 spiro atoms. The third kappa shape index (κ3) is 1.94. The predicted octanol–water partition coefficient (Wildman–Crippen LogP) is 2.30. The third-order valence-corrected chi connectivity index (χ3v) is 8.92. The molecule has 0 radical (unpaired) electrons. The van der Waals surface area contributed by atoms with Gasteiger partial charge in [0.15, 0.2) is 0 Å². The van der Waals surface area contributed by atoms with Gasteiger partial charge in [-0.1, -0.05) is 0 Å². The molecular weight excluding hydrogens is 296 g/mol. The second-order valence-corrected chi connectivity index (χ2v) is 11.1. The fourth-order valence-electron chi connectivity index (χ4n) is 7.12. The maximum Gasteiger partial charge on any atom is 0.214 e. The fraction of sp³-hybridized carbons (Fsp3) is 1.00. The molecule has 0 bridgehead atoms. The van der Waals surface area contributed by atoms with E-state index >= 15 is 0 Å². The minimum Gasteiger partial charge on any atom is -0.301 e. The summed E-state index contributed by atoms with van der Waals surface area (Å²) in [5, 5.41) is 0. The molecule has 0 aromatic rings. The van der Waals surface area contributed by atoms with Crippen LogP contribution in [0.3, 0.4) is 0 Å². The second-order valence-electron chi connectivity index (χ2n) is 11.1. The van der Waals surface area contributed by atoms with Crippen molar-refractivity contribution in [3.8, 4) is 0 Å². The largest absolute Gasteiger partial charge is 0.301 e. The Morgan fingerprint density at radius 1 is 0.708 bits per heavy atom. The van der Waals surface area contributed by atoms with Gasteiger partial charge in [0.2, 0.25) is 12.3 Å². The van der Waals surface area contributed by atoms with Crippen molar-refractivity contribution in [2.24, 2.45) is 0 Å². The molecular formula is C20H40N4+2. The molecule has 24 heavy (non-hydrogen) atoms. The van der Waals surface area contributed by atoms with Crippen LogP contribution in [0.5, 0.6) is 0 Å². The molecule has 0 N–H and O–H groups in total. The van der Waals surface area contributed by atoms with Gasteiger partial charge in [0.05, 0.1) is 52.4 Å². The number of piperazine rings is 2. The summed E-state index contributed by atoms with van der Waals surface area (Å²) >= 11 is 0. The van der Waals surface area contributed by atoms with Crippen LogP contribution in [0.1, 0.15) is 54.4 Å². The van der Waals surface area contributed by atoms with Crippen LogP contribution in [0.2, 0.25) is 0 Å². The average Bonchev–Trinajstić information content (AvgIpc) is 2.44. The van der Waals surface area contributed by atoms with E-state index in [9.17, 15) is 0 Å². The van der Waals surface area contributed by atoms with Crippen molar-refractivity contribution >= 4 is 0 Å². The molecule has 0 amide bonds. The van der Waals surface area contributed by atoms with E-state index in [2.05, 4.69) is 65.4 Å². The van der Waals surface area contributed by atoms with E-state index in [-0.39, 0.29) is 0 Å². The molecule has 0 aliphatic carbocycles. The number of quaternary nitrogens is 2. The smallest absolute Gasteiger partial charge is 0.214 e. The van der Waals surface area contributed by atoms with Gasteiger partial charge in [-0.2, -0.15) is 0 Å². The van der Waals surface area contributed by atoms with E-state index < -0.39 is 0 Å². The first kappa shape index (κ1) is 17.3.